The maximum atomic E-state index is 13.8. The molecule has 0 fully saturated rings. The number of ether oxygens (including phenoxy) is 2. The second-order valence-corrected chi connectivity index (χ2v) is 6.57. The lowest BCUT2D eigenvalue weighted by atomic mass is 9.99. The molecule has 158 valence electrons. The standard InChI is InChI=1S/C21H25F2N3O2.HI/c1-24-21(25-9-7-16-17(22)5-4-6-18(16)23)26-10-8-14-11-19(27-2)20(28-3)12-15(14)13-26;/h4-6,11-12H,7-10,13H2,1-3H3,(H,24,25);1H. The first-order valence-electron chi connectivity index (χ1n) is 9.19. The van der Waals surface area contributed by atoms with Crippen LogP contribution in [0.2, 0.25) is 0 Å². The fraction of sp³-hybridized carbons (Fsp3) is 0.381. The summed E-state index contributed by atoms with van der Waals surface area (Å²) < 4.78 is 38.3. The van der Waals surface area contributed by atoms with Gasteiger partial charge in [0.2, 0.25) is 0 Å². The van der Waals surface area contributed by atoms with E-state index >= 15 is 0 Å². The second-order valence-electron chi connectivity index (χ2n) is 6.57. The van der Waals surface area contributed by atoms with E-state index in [1.165, 1.54) is 23.8 Å². The largest absolute Gasteiger partial charge is 0.493 e. The summed E-state index contributed by atoms with van der Waals surface area (Å²) in [5, 5.41) is 3.21. The summed E-state index contributed by atoms with van der Waals surface area (Å²) in [5.74, 6) is 1.08. The molecule has 0 radical (unpaired) electrons. The molecule has 0 saturated carbocycles. The highest BCUT2D eigenvalue weighted by molar-refractivity contribution is 14.0. The van der Waals surface area contributed by atoms with E-state index in [2.05, 4.69) is 15.2 Å². The molecule has 1 aliphatic heterocycles. The Bertz CT molecular complexity index is 857. The van der Waals surface area contributed by atoms with Crippen LogP contribution < -0.4 is 14.8 Å². The van der Waals surface area contributed by atoms with Gasteiger partial charge >= 0.3 is 0 Å². The Balaban J connectivity index is 0.00000300. The number of rotatable bonds is 5. The molecule has 0 bridgehead atoms. The van der Waals surface area contributed by atoms with E-state index < -0.39 is 11.6 Å². The third kappa shape index (κ3) is 5.29. The van der Waals surface area contributed by atoms with Gasteiger partial charge in [0.25, 0.3) is 0 Å². The molecule has 0 saturated heterocycles. The van der Waals surface area contributed by atoms with Gasteiger partial charge in [-0.15, -0.1) is 24.0 Å². The lowest BCUT2D eigenvalue weighted by Gasteiger charge is -2.32. The first-order valence-corrected chi connectivity index (χ1v) is 9.19. The number of methoxy groups -OCH3 is 2. The lowest BCUT2D eigenvalue weighted by molar-refractivity contribution is 0.346. The van der Waals surface area contributed by atoms with Crippen LogP contribution in [0.4, 0.5) is 8.78 Å². The molecule has 0 aromatic heterocycles. The van der Waals surface area contributed by atoms with E-state index in [-0.39, 0.29) is 36.0 Å². The van der Waals surface area contributed by atoms with Crippen molar-refractivity contribution in [2.75, 3.05) is 34.4 Å². The van der Waals surface area contributed by atoms with Crippen molar-refractivity contribution in [2.24, 2.45) is 4.99 Å². The summed E-state index contributed by atoms with van der Waals surface area (Å²) in [7, 11) is 4.95. The molecule has 5 nitrogen and oxygen atoms in total. The fourth-order valence-electron chi connectivity index (χ4n) is 3.47. The molecule has 1 aliphatic rings. The van der Waals surface area contributed by atoms with Crippen molar-refractivity contribution in [1.29, 1.82) is 0 Å². The third-order valence-electron chi connectivity index (χ3n) is 4.95. The highest BCUT2D eigenvalue weighted by Gasteiger charge is 2.21. The minimum Gasteiger partial charge on any atom is -0.493 e. The highest BCUT2D eigenvalue weighted by Crippen LogP contribution is 2.33. The number of hydrogen-bond acceptors (Lipinski definition) is 3. The van der Waals surface area contributed by atoms with Gasteiger partial charge in [0.1, 0.15) is 11.6 Å². The minimum atomic E-state index is -0.523. The van der Waals surface area contributed by atoms with Gasteiger partial charge in [0, 0.05) is 32.2 Å². The van der Waals surface area contributed by atoms with Crippen molar-refractivity contribution in [1.82, 2.24) is 10.2 Å². The molecule has 1 heterocycles. The Kier molecular flexibility index (Phi) is 8.48. The molecule has 0 unspecified atom stereocenters. The van der Waals surface area contributed by atoms with Gasteiger partial charge in [-0.25, -0.2) is 8.78 Å². The molecule has 0 atom stereocenters. The Labute approximate surface area is 187 Å². The smallest absolute Gasteiger partial charge is 0.193 e. The number of hydrogen-bond donors (Lipinski definition) is 1. The first kappa shape index (κ1) is 23.2. The maximum absolute atomic E-state index is 13.8. The molecule has 3 rings (SSSR count). The van der Waals surface area contributed by atoms with Gasteiger partial charge in [-0.2, -0.15) is 0 Å². The van der Waals surface area contributed by atoms with E-state index in [4.69, 9.17) is 9.47 Å². The molecule has 0 amide bonds. The van der Waals surface area contributed by atoms with Crippen LogP contribution >= 0.6 is 24.0 Å². The van der Waals surface area contributed by atoms with E-state index in [1.54, 1.807) is 21.3 Å². The summed E-state index contributed by atoms with van der Waals surface area (Å²) in [5.41, 5.74) is 2.45. The Morgan fingerprint density at radius 3 is 2.31 bits per heavy atom. The van der Waals surface area contributed by atoms with Crippen LogP contribution in [-0.4, -0.2) is 45.2 Å². The topological polar surface area (TPSA) is 46.1 Å². The quantitative estimate of drug-likeness (QED) is 0.373. The molecule has 0 spiro atoms. The molecule has 29 heavy (non-hydrogen) atoms. The van der Waals surface area contributed by atoms with Crippen molar-refractivity contribution in [3.8, 4) is 11.5 Å². The van der Waals surface area contributed by atoms with E-state index in [9.17, 15) is 8.78 Å². The number of aliphatic imine (C=N–C) groups is 1. The molecule has 8 heteroatoms. The zero-order chi connectivity index (χ0) is 20.1. The first-order chi connectivity index (χ1) is 13.6. The van der Waals surface area contributed by atoms with Gasteiger partial charge in [0.15, 0.2) is 17.5 Å². The van der Waals surface area contributed by atoms with Crippen LogP contribution in [0.1, 0.15) is 16.7 Å². The van der Waals surface area contributed by atoms with Gasteiger partial charge < -0.3 is 19.7 Å². The third-order valence-corrected chi connectivity index (χ3v) is 4.95. The van der Waals surface area contributed by atoms with Crippen molar-refractivity contribution < 1.29 is 18.3 Å². The number of guanidine groups is 1. The molecule has 2 aromatic carbocycles. The van der Waals surface area contributed by atoms with Gasteiger partial charge in [-0.05, 0) is 48.2 Å². The summed E-state index contributed by atoms with van der Waals surface area (Å²) >= 11 is 0. The predicted molar refractivity (Wildman–Crippen MR) is 120 cm³/mol. The van der Waals surface area contributed by atoms with Crippen molar-refractivity contribution in [3.63, 3.8) is 0 Å². The van der Waals surface area contributed by atoms with Crippen LogP contribution in [-0.2, 0) is 19.4 Å². The Morgan fingerprint density at radius 2 is 1.72 bits per heavy atom. The van der Waals surface area contributed by atoms with Crippen LogP contribution in [0.5, 0.6) is 11.5 Å². The summed E-state index contributed by atoms with van der Waals surface area (Å²) in [4.78, 5) is 6.44. The van der Waals surface area contributed by atoms with Crippen molar-refractivity contribution in [3.05, 3.63) is 58.7 Å². The minimum absolute atomic E-state index is 0. The molecule has 1 N–H and O–H groups in total. The zero-order valence-electron chi connectivity index (χ0n) is 16.8. The average Bonchev–Trinajstić information content (AvgIpc) is 2.71. The molecular formula is C21H26F2IN3O2. The highest BCUT2D eigenvalue weighted by atomic mass is 127. The zero-order valence-corrected chi connectivity index (χ0v) is 19.1. The van der Waals surface area contributed by atoms with Crippen LogP contribution in [0, 0.1) is 11.6 Å². The Hall–Kier alpha value is -2.10. The SMILES string of the molecule is CN=C(NCCc1c(F)cccc1F)N1CCc2cc(OC)c(OC)cc2C1.I. The average molecular weight is 517 g/mol. The van der Waals surface area contributed by atoms with Gasteiger partial charge in [-0.3, -0.25) is 4.99 Å². The summed E-state index contributed by atoms with van der Waals surface area (Å²) in [6.45, 7) is 1.85. The monoisotopic (exact) mass is 517 g/mol. The van der Waals surface area contributed by atoms with E-state index in [0.717, 1.165) is 24.3 Å². The van der Waals surface area contributed by atoms with Crippen LogP contribution in [0.3, 0.4) is 0 Å². The molecule has 0 aliphatic carbocycles. The fourth-order valence-corrected chi connectivity index (χ4v) is 3.47. The number of fused-ring (bicyclic) bond motifs is 1. The van der Waals surface area contributed by atoms with Gasteiger partial charge in [0.05, 0.1) is 14.2 Å². The second kappa shape index (κ2) is 10.6. The molecule has 2 aromatic rings. The van der Waals surface area contributed by atoms with Crippen molar-refractivity contribution in [2.45, 2.75) is 19.4 Å². The number of nitrogens with zero attached hydrogens (tertiary/aromatic N) is 2. The number of halogens is 3. The number of nitrogens with one attached hydrogen (secondary N) is 1. The van der Waals surface area contributed by atoms with Gasteiger partial charge in [-0.1, -0.05) is 6.07 Å². The lowest BCUT2D eigenvalue weighted by Crippen LogP contribution is -2.44. The maximum Gasteiger partial charge on any atom is 0.193 e. The normalized spacial score (nSPS) is 13.4. The molecular weight excluding hydrogens is 491 g/mol. The van der Waals surface area contributed by atoms with E-state index in [0.29, 0.717) is 24.8 Å². The van der Waals surface area contributed by atoms with Crippen molar-refractivity contribution >= 4 is 29.9 Å². The van der Waals surface area contributed by atoms with Crippen LogP contribution in [0.15, 0.2) is 35.3 Å². The van der Waals surface area contributed by atoms with Crippen LogP contribution in [0.25, 0.3) is 0 Å². The summed E-state index contributed by atoms with van der Waals surface area (Å²) in [6, 6.07) is 7.92. The summed E-state index contributed by atoms with van der Waals surface area (Å²) in [6.07, 6.45) is 1.09. The predicted octanol–water partition coefficient (Wildman–Crippen LogP) is 3.78. The van der Waals surface area contributed by atoms with E-state index in [1.807, 2.05) is 12.1 Å². The Morgan fingerprint density at radius 1 is 1.10 bits per heavy atom. The number of benzene rings is 2.